The van der Waals surface area contributed by atoms with Gasteiger partial charge in [0.15, 0.2) is 11.0 Å². The number of nitrogens with two attached hydrogens (primary N) is 1. The van der Waals surface area contributed by atoms with Gasteiger partial charge in [0.2, 0.25) is 0 Å². The second-order valence-corrected chi connectivity index (χ2v) is 6.49. The molecule has 7 heteroatoms. The summed E-state index contributed by atoms with van der Waals surface area (Å²) >= 11 is 9.35. The fourth-order valence-electron chi connectivity index (χ4n) is 2.65. The van der Waals surface area contributed by atoms with E-state index < -0.39 is 0 Å². The number of ether oxygens (including phenoxy) is 1. The molecule has 1 aliphatic rings. The van der Waals surface area contributed by atoms with Gasteiger partial charge in [-0.25, -0.2) is 0 Å². The molecule has 1 aliphatic heterocycles. The van der Waals surface area contributed by atoms with E-state index in [0.29, 0.717) is 17.6 Å². The van der Waals surface area contributed by atoms with Crippen molar-refractivity contribution in [2.24, 2.45) is 0 Å². The number of anilines is 2. The quantitative estimate of drug-likeness (QED) is 0.875. The zero-order valence-corrected chi connectivity index (χ0v) is 14.2. The fraction of sp³-hybridized carbons (Fsp3) is 0.333. The van der Waals surface area contributed by atoms with Crippen LogP contribution in [-0.4, -0.2) is 29.4 Å². The van der Waals surface area contributed by atoms with Crippen LogP contribution in [0.2, 0.25) is 5.15 Å². The third-order valence-electron chi connectivity index (χ3n) is 3.71. The second-order valence-electron chi connectivity index (χ2n) is 5.19. The molecule has 3 rings (SSSR count). The molecular formula is C15H16BrClN4O. The Labute approximate surface area is 142 Å². The molecule has 1 atom stereocenters. The topological polar surface area (TPSA) is 64.3 Å². The van der Waals surface area contributed by atoms with Gasteiger partial charge in [-0.3, -0.25) is 0 Å². The Morgan fingerprint density at radius 3 is 2.86 bits per heavy atom. The van der Waals surface area contributed by atoms with Crippen LogP contribution in [0.25, 0.3) is 0 Å². The zero-order chi connectivity index (χ0) is 15.5. The van der Waals surface area contributed by atoms with E-state index in [1.807, 2.05) is 24.3 Å². The van der Waals surface area contributed by atoms with Crippen LogP contribution in [0.5, 0.6) is 5.75 Å². The molecule has 1 aromatic carbocycles. The lowest BCUT2D eigenvalue weighted by molar-refractivity contribution is 0.288. The van der Waals surface area contributed by atoms with Crippen molar-refractivity contribution in [1.29, 1.82) is 0 Å². The molecule has 22 heavy (non-hydrogen) atoms. The Morgan fingerprint density at radius 1 is 1.32 bits per heavy atom. The Balaban J connectivity index is 1.70. The number of nitrogen functional groups attached to an aromatic ring is 1. The first-order valence-electron chi connectivity index (χ1n) is 7.07. The van der Waals surface area contributed by atoms with E-state index in [2.05, 4.69) is 31.0 Å². The van der Waals surface area contributed by atoms with Gasteiger partial charge in [-0.15, -0.1) is 10.2 Å². The van der Waals surface area contributed by atoms with Crippen molar-refractivity contribution in [2.45, 2.75) is 18.9 Å². The largest absolute Gasteiger partial charge is 0.491 e. The summed E-state index contributed by atoms with van der Waals surface area (Å²) in [5, 5.41) is 8.01. The average molecular weight is 384 g/mol. The van der Waals surface area contributed by atoms with Crippen LogP contribution >= 0.6 is 27.5 Å². The Morgan fingerprint density at radius 2 is 2.09 bits per heavy atom. The Kier molecular flexibility index (Phi) is 4.69. The molecule has 0 spiro atoms. The summed E-state index contributed by atoms with van der Waals surface area (Å²) in [6, 6.07) is 9.84. The zero-order valence-electron chi connectivity index (χ0n) is 11.9. The van der Waals surface area contributed by atoms with Crippen molar-refractivity contribution in [3.05, 3.63) is 40.0 Å². The minimum absolute atomic E-state index is 0.256. The Bertz CT molecular complexity index is 652. The van der Waals surface area contributed by atoms with E-state index in [9.17, 15) is 0 Å². The first-order valence-corrected chi connectivity index (χ1v) is 8.24. The second kappa shape index (κ2) is 6.71. The van der Waals surface area contributed by atoms with Gasteiger partial charge in [-0.1, -0.05) is 27.5 Å². The fourth-order valence-corrected chi connectivity index (χ4v) is 3.05. The van der Waals surface area contributed by atoms with Crippen molar-refractivity contribution < 1.29 is 4.74 Å². The molecule has 2 aromatic rings. The highest BCUT2D eigenvalue weighted by Gasteiger charge is 2.27. The molecule has 0 unspecified atom stereocenters. The number of benzene rings is 1. The van der Waals surface area contributed by atoms with Gasteiger partial charge in [0.05, 0.1) is 11.7 Å². The first kappa shape index (κ1) is 15.4. The highest BCUT2D eigenvalue weighted by molar-refractivity contribution is 9.10. The van der Waals surface area contributed by atoms with E-state index in [-0.39, 0.29) is 6.04 Å². The number of hydrogen-bond donors (Lipinski definition) is 1. The third kappa shape index (κ3) is 3.44. The number of aromatic nitrogens is 2. The van der Waals surface area contributed by atoms with Gasteiger partial charge in [-0.05, 0) is 37.1 Å². The number of rotatable bonds is 4. The van der Waals surface area contributed by atoms with Gasteiger partial charge >= 0.3 is 0 Å². The molecule has 0 amide bonds. The van der Waals surface area contributed by atoms with E-state index in [1.165, 1.54) is 0 Å². The molecule has 1 fully saturated rings. The van der Waals surface area contributed by atoms with Crippen LogP contribution in [0.4, 0.5) is 11.5 Å². The molecular weight excluding hydrogens is 368 g/mol. The van der Waals surface area contributed by atoms with Gasteiger partial charge in [0.25, 0.3) is 0 Å². The maximum absolute atomic E-state index is 5.94. The highest BCUT2D eigenvalue weighted by Crippen LogP contribution is 2.30. The normalized spacial score (nSPS) is 17.7. The van der Waals surface area contributed by atoms with Gasteiger partial charge in [-0.2, -0.15) is 0 Å². The number of nitrogens with zero attached hydrogens (tertiary/aromatic N) is 3. The van der Waals surface area contributed by atoms with Crippen LogP contribution < -0.4 is 15.4 Å². The van der Waals surface area contributed by atoms with Gasteiger partial charge < -0.3 is 15.4 Å². The summed E-state index contributed by atoms with van der Waals surface area (Å²) in [4.78, 5) is 2.20. The SMILES string of the molecule is Nc1nnc(Cl)cc1N1CCC[C@H]1COc1ccc(Br)cc1. The van der Waals surface area contributed by atoms with E-state index >= 15 is 0 Å². The lowest BCUT2D eigenvalue weighted by Gasteiger charge is -2.27. The van der Waals surface area contributed by atoms with Crippen LogP contribution in [0.3, 0.4) is 0 Å². The Hall–Kier alpha value is -1.53. The van der Waals surface area contributed by atoms with Crippen molar-refractivity contribution in [2.75, 3.05) is 23.8 Å². The van der Waals surface area contributed by atoms with Crippen molar-refractivity contribution in [1.82, 2.24) is 10.2 Å². The maximum atomic E-state index is 5.94. The van der Waals surface area contributed by atoms with E-state index in [1.54, 1.807) is 6.07 Å². The predicted molar refractivity (Wildman–Crippen MR) is 91.5 cm³/mol. The minimum Gasteiger partial charge on any atom is -0.491 e. The number of halogens is 2. The summed E-state index contributed by atoms with van der Waals surface area (Å²) < 4.78 is 6.93. The summed E-state index contributed by atoms with van der Waals surface area (Å²) in [5.41, 5.74) is 6.77. The van der Waals surface area contributed by atoms with Crippen molar-refractivity contribution in [3.63, 3.8) is 0 Å². The lowest BCUT2D eigenvalue weighted by atomic mass is 10.2. The molecule has 0 aliphatic carbocycles. The van der Waals surface area contributed by atoms with Crippen molar-refractivity contribution in [3.8, 4) is 5.75 Å². The van der Waals surface area contributed by atoms with Crippen LogP contribution in [0.1, 0.15) is 12.8 Å². The molecule has 0 radical (unpaired) electrons. The third-order valence-corrected chi connectivity index (χ3v) is 4.43. The maximum Gasteiger partial charge on any atom is 0.169 e. The molecule has 1 saturated heterocycles. The van der Waals surface area contributed by atoms with Gasteiger partial charge in [0, 0.05) is 17.1 Å². The highest BCUT2D eigenvalue weighted by atomic mass is 79.9. The predicted octanol–water partition coefficient (Wildman–Crippen LogP) is 3.52. The average Bonchev–Trinajstić information content (AvgIpc) is 2.97. The first-order chi connectivity index (χ1) is 10.6. The summed E-state index contributed by atoms with van der Waals surface area (Å²) in [7, 11) is 0. The molecule has 2 N–H and O–H groups in total. The standard InChI is InChI=1S/C15H16BrClN4O/c16-10-3-5-12(6-4-10)22-9-11-2-1-7-21(11)13-8-14(17)19-20-15(13)18/h3-6,8,11H,1-2,7,9H2,(H2,18,20)/t11-/m0/s1. The molecule has 5 nitrogen and oxygen atoms in total. The smallest absolute Gasteiger partial charge is 0.169 e. The molecule has 116 valence electrons. The van der Waals surface area contributed by atoms with Crippen LogP contribution in [0.15, 0.2) is 34.8 Å². The molecule has 0 bridgehead atoms. The summed E-state index contributed by atoms with van der Waals surface area (Å²) in [6.45, 7) is 1.52. The lowest BCUT2D eigenvalue weighted by Crippen LogP contribution is -2.35. The molecule has 2 heterocycles. The monoisotopic (exact) mass is 382 g/mol. The minimum atomic E-state index is 0.256. The van der Waals surface area contributed by atoms with E-state index in [4.69, 9.17) is 22.1 Å². The summed E-state index contributed by atoms with van der Waals surface area (Å²) in [5.74, 6) is 1.26. The van der Waals surface area contributed by atoms with Crippen molar-refractivity contribution >= 4 is 39.0 Å². The van der Waals surface area contributed by atoms with Crippen LogP contribution in [-0.2, 0) is 0 Å². The van der Waals surface area contributed by atoms with E-state index in [0.717, 1.165) is 35.3 Å². The molecule has 0 saturated carbocycles. The molecule has 1 aromatic heterocycles. The number of hydrogen-bond acceptors (Lipinski definition) is 5. The van der Waals surface area contributed by atoms with Crippen LogP contribution in [0, 0.1) is 0 Å². The van der Waals surface area contributed by atoms with Gasteiger partial charge in [0.1, 0.15) is 12.4 Å². The summed E-state index contributed by atoms with van der Waals surface area (Å²) in [6.07, 6.45) is 2.14.